The average Bonchev–Trinajstić information content (AvgIpc) is 2.04. The third-order valence-corrected chi connectivity index (χ3v) is 3.42. The highest BCUT2D eigenvalue weighted by Gasteiger charge is 2.29. The number of nitriles is 1. The van der Waals surface area contributed by atoms with Crippen molar-refractivity contribution >= 4 is 16.0 Å². The van der Waals surface area contributed by atoms with Gasteiger partial charge in [-0.3, -0.25) is 4.79 Å². The standard InChI is InChI=1S/C7H12N2O4S/c1-3-6(7(10)11)9(2)14(12,13)5-4-8/h6H,3,5H2,1-2H3,(H,10,11). The molecule has 0 rings (SSSR count). The maximum Gasteiger partial charge on any atom is 0.321 e. The fraction of sp³-hybridized carbons (Fsp3) is 0.714. The van der Waals surface area contributed by atoms with Crippen LogP contribution in [0.15, 0.2) is 0 Å². The molecule has 1 atom stereocenters. The predicted octanol–water partition coefficient (Wildman–Crippen LogP) is -0.365. The fourth-order valence-electron chi connectivity index (χ4n) is 0.965. The van der Waals surface area contributed by atoms with Crippen molar-refractivity contribution in [1.29, 1.82) is 5.26 Å². The van der Waals surface area contributed by atoms with Crippen LogP contribution in [0.3, 0.4) is 0 Å². The third-order valence-electron chi connectivity index (χ3n) is 1.80. The molecule has 14 heavy (non-hydrogen) atoms. The Morgan fingerprint density at radius 2 is 2.14 bits per heavy atom. The van der Waals surface area contributed by atoms with E-state index < -0.39 is 27.8 Å². The summed E-state index contributed by atoms with van der Waals surface area (Å²) >= 11 is 0. The molecule has 0 aromatic rings. The largest absolute Gasteiger partial charge is 0.480 e. The van der Waals surface area contributed by atoms with Gasteiger partial charge in [0.15, 0.2) is 5.75 Å². The van der Waals surface area contributed by atoms with Gasteiger partial charge in [-0.05, 0) is 6.42 Å². The first-order valence-electron chi connectivity index (χ1n) is 3.92. The number of likely N-dealkylation sites (N-methyl/N-ethyl adjacent to an activating group) is 1. The Morgan fingerprint density at radius 3 is 2.43 bits per heavy atom. The number of hydrogen-bond donors (Lipinski definition) is 1. The highest BCUT2D eigenvalue weighted by Crippen LogP contribution is 2.08. The Bertz CT molecular complexity index is 343. The molecule has 0 aliphatic heterocycles. The maximum absolute atomic E-state index is 11.3. The van der Waals surface area contributed by atoms with Crippen LogP contribution in [0.4, 0.5) is 0 Å². The van der Waals surface area contributed by atoms with Crippen molar-refractivity contribution in [3.63, 3.8) is 0 Å². The van der Waals surface area contributed by atoms with Crippen LogP contribution in [0.5, 0.6) is 0 Å². The zero-order valence-corrected chi connectivity index (χ0v) is 8.78. The summed E-state index contributed by atoms with van der Waals surface area (Å²) in [7, 11) is -2.61. The van der Waals surface area contributed by atoms with Crippen molar-refractivity contribution in [3.05, 3.63) is 0 Å². The minimum absolute atomic E-state index is 0.163. The zero-order chi connectivity index (χ0) is 11.4. The summed E-state index contributed by atoms with van der Waals surface area (Å²) in [6.45, 7) is 1.57. The molecular formula is C7H12N2O4S. The number of hydrogen-bond acceptors (Lipinski definition) is 4. The van der Waals surface area contributed by atoms with E-state index >= 15 is 0 Å². The quantitative estimate of drug-likeness (QED) is 0.681. The molecule has 1 N–H and O–H groups in total. The van der Waals surface area contributed by atoms with Gasteiger partial charge in [-0.15, -0.1) is 0 Å². The molecule has 0 radical (unpaired) electrons. The van der Waals surface area contributed by atoms with Crippen LogP contribution in [-0.4, -0.2) is 42.6 Å². The Hall–Kier alpha value is -1.13. The molecule has 0 bridgehead atoms. The molecule has 1 unspecified atom stereocenters. The van der Waals surface area contributed by atoms with E-state index in [-0.39, 0.29) is 6.42 Å². The van der Waals surface area contributed by atoms with E-state index in [4.69, 9.17) is 10.4 Å². The lowest BCUT2D eigenvalue weighted by atomic mass is 10.2. The van der Waals surface area contributed by atoms with Gasteiger partial charge < -0.3 is 5.11 Å². The number of carboxylic acid groups (broad SMARTS) is 1. The molecule has 0 amide bonds. The van der Waals surface area contributed by atoms with E-state index in [1.165, 1.54) is 6.07 Å². The molecule has 0 aliphatic carbocycles. The van der Waals surface area contributed by atoms with Crippen LogP contribution in [-0.2, 0) is 14.8 Å². The van der Waals surface area contributed by atoms with E-state index in [2.05, 4.69) is 0 Å². The van der Waals surface area contributed by atoms with Crippen LogP contribution in [0.1, 0.15) is 13.3 Å². The van der Waals surface area contributed by atoms with Crippen molar-refractivity contribution in [1.82, 2.24) is 4.31 Å². The second-order valence-corrected chi connectivity index (χ2v) is 4.72. The summed E-state index contributed by atoms with van der Waals surface area (Å²) in [6.07, 6.45) is 0.163. The Kier molecular flexibility index (Phi) is 4.53. The first-order chi connectivity index (χ1) is 6.36. The van der Waals surface area contributed by atoms with Crippen LogP contribution in [0.2, 0.25) is 0 Å². The first kappa shape index (κ1) is 12.9. The molecular weight excluding hydrogens is 208 g/mol. The minimum Gasteiger partial charge on any atom is -0.480 e. The summed E-state index contributed by atoms with van der Waals surface area (Å²) in [5, 5.41) is 16.9. The Morgan fingerprint density at radius 1 is 1.64 bits per heavy atom. The second kappa shape index (κ2) is 4.93. The van der Waals surface area contributed by atoms with Gasteiger partial charge in [0.25, 0.3) is 0 Å². The molecule has 0 aliphatic rings. The fourth-order valence-corrected chi connectivity index (χ4v) is 1.96. The molecule has 0 saturated carbocycles. The number of carbonyl (C=O) groups is 1. The van der Waals surface area contributed by atoms with Crippen LogP contribution in [0, 0.1) is 11.3 Å². The molecule has 0 heterocycles. The zero-order valence-electron chi connectivity index (χ0n) is 7.97. The molecule has 80 valence electrons. The summed E-state index contributed by atoms with van der Waals surface area (Å²) in [6, 6.07) is 0.381. The summed E-state index contributed by atoms with van der Waals surface area (Å²) in [5.74, 6) is -1.91. The van der Waals surface area contributed by atoms with Gasteiger partial charge in [0.1, 0.15) is 6.04 Å². The van der Waals surface area contributed by atoms with Gasteiger partial charge in [0, 0.05) is 7.05 Å². The van der Waals surface area contributed by atoms with Crippen molar-refractivity contribution < 1.29 is 18.3 Å². The van der Waals surface area contributed by atoms with Gasteiger partial charge in [-0.2, -0.15) is 9.57 Å². The molecule has 0 saturated heterocycles. The Labute approximate surface area is 82.8 Å². The van der Waals surface area contributed by atoms with E-state index in [0.29, 0.717) is 0 Å². The molecule has 0 spiro atoms. The lowest BCUT2D eigenvalue weighted by Gasteiger charge is -2.21. The van der Waals surface area contributed by atoms with E-state index in [1.54, 1.807) is 6.92 Å². The average molecular weight is 220 g/mol. The second-order valence-electron chi connectivity index (χ2n) is 2.69. The van der Waals surface area contributed by atoms with Gasteiger partial charge in [-0.25, -0.2) is 8.42 Å². The van der Waals surface area contributed by atoms with Gasteiger partial charge in [-0.1, -0.05) is 6.92 Å². The lowest BCUT2D eigenvalue weighted by Crippen LogP contribution is -2.42. The van der Waals surface area contributed by atoms with Gasteiger partial charge >= 0.3 is 5.97 Å². The molecule has 0 fully saturated rings. The summed E-state index contributed by atoms with van der Waals surface area (Å²) < 4.78 is 23.3. The van der Waals surface area contributed by atoms with E-state index in [9.17, 15) is 13.2 Å². The molecule has 7 heteroatoms. The van der Waals surface area contributed by atoms with Crippen molar-refractivity contribution in [2.75, 3.05) is 12.8 Å². The number of sulfonamides is 1. The lowest BCUT2D eigenvalue weighted by molar-refractivity contribution is -0.141. The van der Waals surface area contributed by atoms with Crippen LogP contribution >= 0.6 is 0 Å². The highest BCUT2D eigenvalue weighted by molar-refractivity contribution is 7.89. The summed E-state index contributed by atoms with van der Waals surface area (Å²) in [4.78, 5) is 10.6. The highest BCUT2D eigenvalue weighted by atomic mass is 32.2. The van der Waals surface area contributed by atoms with Crippen LogP contribution < -0.4 is 0 Å². The smallest absolute Gasteiger partial charge is 0.321 e. The number of aliphatic carboxylic acids is 1. The number of carboxylic acids is 1. The molecule has 0 aromatic heterocycles. The first-order valence-corrected chi connectivity index (χ1v) is 5.53. The van der Waals surface area contributed by atoms with Crippen LogP contribution in [0.25, 0.3) is 0 Å². The topological polar surface area (TPSA) is 98.5 Å². The number of rotatable bonds is 5. The predicted molar refractivity (Wildman–Crippen MR) is 48.9 cm³/mol. The van der Waals surface area contributed by atoms with E-state index in [0.717, 1.165) is 11.4 Å². The normalized spacial score (nSPS) is 13.6. The maximum atomic E-state index is 11.3. The monoisotopic (exact) mass is 220 g/mol. The number of nitrogens with zero attached hydrogens (tertiary/aromatic N) is 2. The summed E-state index contributed by atoms with van der Waals surface area (Å²) in [5.41, 5.74) is 0. The molecule has 0 aromatic carbocycles. The van der Waals surface area contributed by atoms with Crippen molar-refractivity contribution in [2.24, 2.45) is 0 Å². The Balaban J connectivity index is 4.85. The van der Waals surface area contributed by atoms with Crippen molar-refractivity contribution in [2.45, 2.75) is 19.4 Å². The van der Waals surface area contributed by atoms with Crippen molar-refractivity contribution in [3.8, 4) is 6.07 Å². The minimum atomic E-state index is -3.78. The van der Waals surface area contributed by atoms with Gasteiger partial charge in [0.05, 0.1) is 6.07 Å². The van der Waals surface area contributed by atoms with E-state index in [1.807, 2.05) is 0 Å². The SMILES string of the molecule is CCC(C(=O)O)N(C)S(=O)(=O)CC#N. The molecule has 6 nitrogen and oxygen atoms in total. The van der Waals surface area contributed by atoms with Gasteiger partial charge in [0.2, 0.25) is 10.0 Å². The third kappa shape index (κ3) is 2.97.